The van der Waals surface area contributed by atoms with Crippen LogP contribution in [0.5, 0.6) is 0 Å². The zero-order chi connectivity index (χ0) is 32.5. The van der Waals surface area contributed by atoms with Gasteiger partial charge in [0.2, 0.25) is 11.8 Å². The van der Waals surface area contributed by atoms with Crippen molar-refractivity contribution in [3.8, 4) is 0 Å². The number of esters is 1. The monoisotopic (exact) mass is 618 g/mol. The Bertz CT molecular complexity index is 1100. The molecule has 3 rings (SSSR count). The first-order valence-corrected chi connectivity index (χ1v) is 17.5. The lowest BCUT2D eigenvalue weighted by atomic mass is 9.95. The first-order chi connectivity index (χ1) is 21.6. The third kappa shape index (κ3) is 14.2. The molecule has 2 amide bonds. The van der Waals surface area contributed by atoms with E-state index in [1.807, 2.05) is 44.7 Å². The van der Waals surface area contributed by atoms with Crippen LogP contribution in [-0.4, -0.2) is 46.9 Å². The third-order valence-corrected chi connectivity index (χ3v) is 8.77. The quantitative estimate of drug-likeness (QED) is 0.135. The highest BCUT2D eigenvalue weighted by Crippen LogP contribution is 2.23. The molecule has 45 heavy (non-hydrogen) atoms. The Morgan fingerprint density at radius 2 is 1.38 bits per heavy atom. The number of amides is 2. The fraction of sp³-hybridized carbons (Fsp3) is 0.615. The maximum atomic E-state index is 13.7. The van der Waals surface area contributed by atoms with Crippen molar-refractivity contribution in [2.24, 2.45) is 5.92 Å². The average molecular weight is 619 g/mol. The molecule has 6 nitrogen and oxygen atoms in total. The summed E-state index contributed by atoms with van der Waals surface area (Å²) in [4.78, 5) is 41.1. The van der Waals surface area contributed by atoms with E-state index in [1.165, 1.54) is 11.1 Å². The number of hydrogen-bond donors (Lipinski definition) is 1. The van der Waals surface area contributed by atoms with Gasteiger partial charge in [-0.05, 0) is 103 Å². The summed E-state index contributed by atoms with van der Waals surface area (Å²) in [7, 11) is 0. The van der Waals surface area contributed by atoms with E-state index in [4.69, 9.17) is 4.74 Å². The van der Waals surface area contributed by atoms with Crippen LogP contribution in [0.25, 0.3) is 0 Å². The minimum absolute atomic E-state index is 0.0156. The van der Waals surface area contributed by atoms with Crippen LogP contribution in [0.2, 0.25) is 0 Å². The second-order valence-electron chi connectivity index (χ2n) is 13.9. The van der Waals surface area contributed by atoms with Crippen molar-refractivity contribution in [2.75, 3.05) is 6.54 Å². The van der Waals surface area contributed by atoms with Gasteiger partial charge in [-0.1, -0.05) is 86.8 Å². The highest BCUT2D eigenvalue weighted by Gasteiger charge is 2.34. The number of rotatable bonds is 18. The molecule has 2 aromatic carbocycles. The SMILES string of the molecule is CC(CCCCCCC(=O)OC(C)(C)C)C(=O)N1CCCCC1C(=O)NC(CCCc1ccccc1)CCCc1ccccc1. The molecule has 0 spiro atoms. The summed E-state index contributed by atoms with van der Waals surface area (Å²) in [6.07, 6.45) is 13.5. The van der Waals surface area contributed by atoms with Crippen molar-refractivity contribution in [2.45, 2.75) is 142 Å². The molecule has 1 heterocycles. The van der Waals surface area contributed by atoms with Crippen molar-refractivity contribution in [3.63, 3.8) is 0 Å². The molecule has 0 aliphatic carbocycles. The number of piperidine rings is 1. The lowest BCUT2D eigenvalue weighted by molar-refractivity contribution is -0.154. The molecular formula is C39H58N2O4. The first kappa shape index (κ1) is 36.3. The minimum Gasteiger partial charge on any atom is -0.460 e. The van der Waals surface area contributed by atoms with Gasteiger partial charge in [0.15, 0.2) is 0 Å². The van der Waals surface area contributed by atoms with Gasteiger partial charge >= 0.3 is 5.97 Å². The van der Waals surface area contributed by atoms with Crippen LogP contribution in [0, 0.1) is 5.92 Å². The Balaban J connectivity index is 1.48. The van der Waals surface area contributed by atoms with Crippen LogP contribution in [0.1, 0.15) is 122 Å². The Labute approximate surface area is 272 Å². The fourth-order valence-corrected chi connectivity index (χ4v) is 6.32. The van der Waals surface area contributed by atoms with E-state index < -0.39 is 5.60 Å². The fourth-order valence-electron chi connectivity index (χ4n) is 6.32. The molecule has 1 saturated heterocycles. The number of ether oxygens (including phenoxy) is 1. The van der Waals surface area contributed by atoms with Crippen molar-refractivity contribution >= 4 is 17.8 Å². The Morgan fingerprint density at radius 3 is 1.96 bits per heavy atom. The van der Waals surface area contributed by atoms with Gasteiger partial charge in [-0.25, -0.2) is 0 Å². The zero-order valence-corrected chi connectivity index (χ0v) is 28.4. The molecule has 2 atom stereocenters. The van der Waals surface area contributed by atoms with Gasteiger partial charge in [0.25, 0.3) is 0 Å². The van der Waals surface area contributed by atoms with Crippen LogP contribution in [0.3, 0.4) is 0 Å². The van der Waals surface area contributed by atoms with E-state index in [2.05, 4.69) is 53.8 Å². The van der Waals surface area contributed by atoms with E-state index in [0.29, 0.717) is 13.0 Å². The number of aryl methyl sites for hydroxylation is 2. The highest BCUT2D eigenvalue weighted by atomic mass is 16.6. The van der Waals surface area contributed by atoms with Gasteiger partial charge in [-0.15, -0.1) is 0 Å². The predicted molar refractivity (Wildman–Crippen MR) is 183 cm³/mol. The van der Waals surface area contributed by atoms with E-state index >= 15 is 0 Å². The van der Waals surface area contributed by atoms with Crippen molar-refractivity contribution in [1.82, 2.24) is 10.2 Å². The molecule has 0 bridgehead atoms. The topological polar surface area (TPSA) is 75.7 Å². The predicted octanol–water partition coefficient (Wildman–Crippen LogP) is 8.22. The summed E-state index contributed by atoms with van der Waals surface area (Å²) < 4.78 is 5.39. The largest absolute Gasteiger partial charge is 0.460 e. The number of likely N-dealkylation sites (tertiary alicyclic amines) is 1. The Morgan fingerprint density at radius 1 is 0.800 bits per heavy atom. The number of unbranched alkanes of at least 4 members (excludes halogenated alkanes) is 3. The van der Waals surface area contributed by atoms with Gasteiger partial charge in [-0.3, -0.25) is 14.4 Å². The summed E-state index contributed by atoms with van der Waals surface area (Å²) in [6, 6.07) is 20.8. The standard InChI is InChI=1S/C39H58N2O4/c1-31(19-9-5-6-14-29-36(42)45-39(2,3)4)38(44)41-30-16-15-28-35(41)37(43)40-34(26-17-24-32-20-10-7-11-21-32)27-18-25-33-22-12-8-13-23-33/h7-8,10-13,20-23,31,34-35H,5-6,9,14-19,24-30H2,1-4H3,(H,40,43). The molecule has 2 unspecified atom stereocenters. The van der Waals surface area contributed by atoms with Crippen LogP contribution < -0.4 is 5.32 Å². The molecule has 1 aliphatic heterocycles. The second kappa shape index (κ2) is 19.4. The summed E-state index contributed by atoms with van der Waals surface area (Å²) in [5.41, 5.74) is 2.21. The smallest absolute Gasteiger partial charge is 0.306 e. The van der Waals surface area contributed by atoms with Gasteiger partial charge in [0.05, 0.1) is 0 Å². The number of benzene rings is 2. The molecule has 248 valence electrons. The zero-order valence-electron chi connectivity index (χ0n) is 28.4. The van der Waals surface area contributed by atoms with Crippen LogP contribution >= 0.6 is 0 Å². The number of nitrogens with one attached hydrogen (secondary N) is 1. The molecule has 0 saturated carbocycles. The number of carbonyl (C=O) groups excluding carboxylic acids is 3. The van der Waals surface area contributed by atoms with Gasteiger partial charge in [0.1, 0.15) is 11.6 Å². The molecular weight excluding hydrogens is 560 g/mol. The number of hydrogen-bond acceptors (Lipinski definition) is 4. The number of nitrogens with zero attached hydrogens (tertiary/aromatic N) is 1. The lowest BCUT2D eigenvalue weighted by Gasteiger charge is -2.37. The van der Waals surface area contributed by atoms with E-state index in [1.54, 1.807) is 0 Å². The maximum absolute atomic E-state index is 13.7. The molecule has 1 N–H and O–H groups in total. The van der Waals surface area contributed by atoms with Crippen LogP contribution in [-0.2, 0) is 32.0 Å². The molecule has 0 radical (unpaired) electrons. The summed E-state index contributed by atoms with van der Waals surface area (Å²) in [5.74, 6) is -0.137. The maximum Gasteiger partial charge on any atom is 0.306 e. The number of carbonyl (C=O) groups is 3. The van der Waals surface area contributed by atoms with Crippen LogP contribution in [0.4, 0.5) is 0 Å². The van der Waals surface area contributed by atoms with Gasteiger partial charge in [0, 0.05) is 24.9 Å². The van der Waals surface area contributed by atoms with Gasteiger partial charge in [-0.2, -0.15) is 0 Å². The second-order valence-corrected chi connectivity index (χ2v) is 13.9. The Hall–Kier alpha value is -3.15. The minimum atomic E-state index is -0.443. The summed E-state index contributed by atoms with van der Waals surface area (Å²) in [6.45, 7) is 8.32. The van der Waals surface area contributed by atoms with Crippen molar-refractivity contribution < 1.29 is 19.1 Å². The van der Waals surface area contributed by atoms with Crippen molar-refractivity contribution in [1.29, 1.82) is 0 Å². The van der Waals surface area contributed by atoms with E-state index in [0.717, 1.165) is 89.9 Å². The normalized spacial score (nSPS) is 15.9. The molecule has 2 aromatic rings. The van der Waals surface area contributed by atoms with Gasteiger partial charge < -0.3 is 15.0 Å². The molecule has 1 aliphatic rings. The Kier molecular flexibility index (Phi) is 15.6. The molecule has 0 aromatic heterocycles. The summed E-state index contributed by atoms with van der Waals surface area (Å²) in [5, 5.41) is 3.40. The molecule has 1 fully saturated rings. The summed E-state index contributed by atoms with van der Waals surface area (Å²) >= 11 is 0. The lowest BCUT2D eigenvalue weighted by Crippen LogP contribution is -2.54. The first-order valence-electron chi connectivity index (χ1n) is 17.5. The van der Waals surface area contributed by atoms with E-state index in [9.17, 15) is 14.4 Å². The van der Waals surface area contributed by atoms with E-state index in [-0.39, 0.29) is 35.8 Å². The highest BCUT2D eigenvalue weighted by molar-refractivity contribution is 5.88. The average Bonchev–Trinajstić information content (AvgIpc) is 3.02. The van der Waals surface area contributed by atoms with Crippen LogP contribution in [0.15, 0.2) is 60.7 Å². The molecule has 6 heteroatoms. The third-order valence-electron chi connectivity index (χ3n) is 8.77. The van der Waals surface area contributed by atoms with Crippen molar-refractivity contribution in [3.05, 3.63) is 71.8 Å².